The number of ether oxygens (including phenoxy) is 2. The maximum absolute atomic E-state index is 5.46. The zero-order valence-corrected chi connectivity index (χ0v) is 11.9. The monoisotopic (exact) mass is 261 g/mol. The summed E-state index contributed by atoms with van der Waals surface area (Å²) < 4.78 is 10.9. The SMILES string of the molecule is COc1cc2c(cc1OC)C(C1CCCC1)NCC2. The molecule has 1 saturated carbocycles. The van der Waals surface area contributed by atoms with Crippen LogP contribution in [0.5, 0.6) is 11.5 Å². The van der Waals surface area contributed by atoms with E-state index < -0.39 is 0 Å². The summed E-state index contributed by atoms with van der Waals surface area (Å²) in [7, 11) is 3.42. The van der Waals surface area contributed by atoms with Gasteiger partial charge in [-0.05, 0) is 55.0 Å². The summed E-state index contributed by atoms with van der Waals surface area (Å²) in [4.78, 5) is 0. The van der Waals surface area contributed by atoms with Gasteiger partial charge in [0.2, 0.25) is 0 Å². The molecule has 1 aromatic rings. The lowest BCUT2D eigenvalue weighted by Crippen LogP contribution is -2.34. The van der Waals surface area contributed by atoms with Crippen molar-refractivity contribution < 1.29 is 9.47 Å². The van der Waals surface area contributed by atoms with E-state index >= 15 is 0 Å². The fraction of sp³-hybridized carbons (Fsp3) is 0.625. The first-order chi connectivity index (χ1) is 9.33. The normalized spacial score (nSPS) is 23.2. The number of benzene rings is 1. The minimum absolute atomic E-state index is 0.506. The van der Waals surface area contributed by atoms with E-state index in [1.807, 2.05) is 0 Å². The summed E-state index contributed by atoms with van der Waals surface area (Å²) >= 11 is 0. The van der Waals surface area contributed by atoms with E-state index in [2.05, 4.69) is 17.4 Å². The molecule has 1 unspecified atom stereocenters. The van der Waals surface area contributed by atoms with Crippen LogP contribution in [0.3, 0.4) is 0 Å². The summed E-state index contributed by atoms with van der Waals surface area (Å²) in [5, 5.41) is 3.71. The molecule has 2 aliphatic rings. The van der Waals surface area contributed by atoms with Crippen molar-refractivity contribution in [2.45, 2.75) is 38.1 Å². The van der Waals surface area contributed by atoms with Gasteiger partial charge in [0.05, 0.1) is 14.2 Å². The molecule has 1 fully saturated rings. The Bertz CT molecular complexity index is 452. The zero-order chi connectivity index (χ0) is 13.2. The van der Waals surface area contributed by atoms with E-state index in [1.165, 1.54) is 36.8 Å². The Morgan fingerprint density at radius 3 is 2.42 bits per heavy atom. The number of hydrogen-bond donors (Lipinski definition) is 1. The van der Waals surface area contributed by atoms with Crippen LogP contribution in [0, 0.1) is 5.92 Å². The summed E-state index contributed by atoms with van der Waals surface area (Å²) in [5.74, 6) is 2.50. The van der Waals surface area contributed by atoms with Crippen molar-refractivity contribution in [3.8, 4) is 11.5 Å². The van der Waals surface area contributed by atoms with Crippen molar-refractivity contribution in [1.29, 1.82) is 0 Å². The summed E-state index contributed by atoms with van der Waals surface area (Å²) in [6.07, 6.45) is 6.55. The molecule has 1 atom stereocenters. The highest BCUT2D eigenvalue weighted by molar-refractivity contribution is 5.49. The molecule has 104 valence electrons. The molecule has 0 spiro atoms. The van der Waals surface area contributed by atoms with Crippen molar-refractivity contribution in [2.75, 3.05) is 20.8 Å². The van der Waals surface area contributed by atoms with E-state index in [4.69, 9.17) is 9.47 Å². The number of nitrogens with one attached hydrogen (secondary N) is 1. The molecular weight excluding hydrogens is 238 g/mol. The summed E-state index contributed by atoms with van der Waals surface area (Å²) in [6, 6.07) is 4.85. The lowest BCUT2D eigenvalue weighted by molar-refractivity contribution is 0.337. The summed E-state index contributed by atoms with van der Waals surface area (Å²) in [6.45, 7) is 1.07. The van der Waals surface area contributed by atoms with Crippen LogP contribution in [-0.4, -0.2) is 20.8 Å². The van der Waals surface area contributed by atoms with Crippen molar-refractivity contribution in [1.82, 2.24) is 5.32 Å². The van der Waals surface area contributed by atoms with Crippen molar-refractivity contribution in [3.05, 3.63) is 23.3 Å². The molecule has 0 radical (unpaired) electrons. The van der Waals surface area contributed by atoms with Gasteiger partial charge in [0.1, 0.15) is 0 Å². The quantitative estimate of drug-likeness (QED) is 0.907. The number of hydrogen-bond acceptors (Lipinski definition) is 3. The van der Waals surface area contributed by atoms with E-state index in [0.717, 1.165) is 30.4 Å². The second kappa shape index (κ2) is 5.41. The minimum atomic E-state index is 0.506. The molecule has 1 N–H and O–H groups in total. The van der Waals surface area contributed by atoms with E-state index in [9.17, 15) is 0 Å². The Balaban J connectivity index is 1.98. The van der Waals surface area contributed by atoms with Gasteiger partial charge in [0.25, 0.3) is 0 Å². The molecule has 3 heteroatoms. The van der Waals surface area contributed by atoms with E-state index in [-0.39, 0.29) is 0 Å². The molecule has 1 aromatic carbocycles. The third kappa shape index (κ3) is 2.32. The second-order valence-corrected chi connectivity index (χ2v) is 5.63. The van der Waals surface area contributed by atoms with Crippen molar-refractivity contribution in [3.63, 3.8) is 0 Å². The third-order valence-corrected chi connectivity index (χ3v) is 4.61. The van der Waals surface area contributed by atoms with Gasteiger partial charge in [-0.2, -0.15) is 0 Å². The molecule has 0 bridgehead atoms. The van der Waals surface area contributed by atoms with Gasteiger partial charge in [-0.1, -0.05) is 12.8 Å². The Labute approximate surface area is 115 Å². The first-order valence-corrected chi connectivity index (χ1v) is 7.31. The zero-order valence-electron chi connectivity index (χ0n) is 11.9. The average molecular weight is 261 g/mol. The Hall–Kier alpha value is -1.22. The summed E-state index contributed by atoms with van der Waals surface area (Å²) in [5.41, 5.74) is 2.85. The lowest BCUT2D eigenvalue weighted by atomic mass is 9.85. The molecule has 0 amide bonds. The van der Waals surface area contributed by atoms with Crippen LogP contribution >= 0.6 is 0 Å². The van der Waals surface area contributed by atoms with Gasteiger partial charge >= 0.3 is 0 Å². The molecule has 1 heterocycles. The van der Waals surface area contributed by atoms with Crippen LogP contribution in [0.4, 0.5) is 0 Å². The van der Waals surface area contributed by atoms with Crippen molar-refractivity contribution in [2.24, 2.45) is 5.92 Å². The van der Waals surface area contributed by atoms with Crippen LogP contribution in [0.15, 0.2) is 12.1 Å². The molecule has 0 saturated heterocycles. The highest BCUT2D eigenvalue weighted by atomic mass is 16.5. The minimum Gasteiger partial charge on any atom is -0.493 e. The Morgan fingerprint density at radius 2 is 1.74 bits per heavy atom. The van der Waals surface area contributed by atoms with Gasteiger partial charge in [-0.15, -0.1) is 0 Å². The molecule has 1 aliphatic carbocycles. The molecule has 19 heavy (non-hydrogen) atoms. The fourth-order valence-corrected chi connectivity index (χ4v) is 3.63. The Kier molecular flexibility index (Phi) is 3.65. The first-order valence-electron chi connectivity index (χ1n) is 7.31. The van der Waals surface area contributed by atoms with E-state index in [0.29, 0.717) is 6.04 Å². The Morgan fingerprint density at radius 1 is 1.05 bits per heavy atom. The third-order valence-electron chi connectivity index (χ3n) is 4.61. The van der Waals surface area contributed by atoms with Gasteiger partial charge in [-0.3, -0.25) is 0 Å². The number of rotatable bonds is 3. The first kappa shape index (κ1) is 12.8. The van der Waals surface area contributed by atoms with Crippen molar-refractivity contribution >= 4 is 0 Å². The van der Waals surface area contributed by atoms with Crippen LogP contribution in [-0.2, 0) is 6.42 Å². The van der Waals surface area contributed by atoms with Gasteiger partial charge in [-0.25, -0.2) is 0 Å². The molecule has 3 rings (SSSR count). The van der Waals surface area contributed by atoms with Crippen LogP contribution in [0.2, 0.25) is 0 Å². The molecule has 1 aliphatic heterocycles. The largest absolute Gasteiger partial charge is 0.493 e. The number of methoxy groups -OCH3 is 2. The maximum Gasteiger partial charge on any atom is 0.161 e. The standard InChI is InChI=1S/C16H23NO2/c1-18-14-9-12-7-8-17-16(11-5-3-4-6-11)13(12)10-15(14)19-2/h9-11,16-17H,3-8H2,1-2H3. The smallest absolute Gasteiger partial charge is 0.161 e. The second-order valence-electron chi connectivity index (χ2n) is 5.63. The molecule has 3 nitrogen and oxygen atoms in total. The molecular formula is C16H23NO2. The van der Waals surface area contributed by atoms with Gasteiger partial charge in [0.15, 0.2) is 11.5 Å². The fourth-order valence-electron chi connectivity index (χ4n) is 3.63. The predicted octanol–water partition coefficient (Wildman–Crippen LogP) is 3.08. The predicted molar refractivity (Wildman–Crippen MR) is 76.0 cm³/mol. The maximum atomic E-state index is 5.46. The highest BCUT2D eigenvalue weighted by Gasteiger charge is 2.30. The lowest BCUT2D eigenvalue weighted by Gasteiger charge is -2.32. The highest BCUT2D eigenvalue weighted by Crippen LogP contribution is 2.42. The van der Waals surface area contributed by atoms with Crippen LogP contribution < -0.4 is 14.8 Å². The van der Waals surface area contributed by atoms with Crippen LogP contribution in [0.1, 0.15) is 42.9 Å². The van der Waals surface area contributed by atoms with Crippen LogP contribution in [0.25, 0.3) is 0 Å². The topological polar surface area (TPSA) is 30.5 Å². The number of fused-ring (bicyclic) bond motifs is 1. The van der Waals surface area contributed by atoms with E-state index in [1.54, 1.807) is 14.2 Å². The van der Waals surface area contributed by atoms with Gasteiger partial charge < -0.3 is 14.8 Å². The average Bonchev–Trinajstić information content (AvgIpc) is 2.99. The van der Waals surface area contributed by atoms with Gasteiger partial charge in [0, 0.05) is 6.04 Å². The molecule has 0 aromatic heterocycles.